The van der Waals surface area contributed by atoms with Crippen LogP contribution in [-0.2, 0) is 0 Å². The zero-order chi connectivity index (χ0) is 12.4. The number of nitrogens with two attached hydrogens (primary N) is 1. The molecule has 1 saturated heterocycles. The first kappa shape index (κ1) is 12.3. The monoisotopic (exact) mass is 250 g/mol. The van der Waals surface area contributed by atoms with Crippen LogP contribution in [0.4, 0.5) is 5.82 Å². The normalized spacial score (nSPS) is 19.9. The standard InChI is InChI=1S/C12H18N4S/c1-15(2)10-5-6-16(8-10)11-4-3-9(7-14-11)12(13)17/h3-4,7,10H,5-6,8H2,1-2H3,(H2,13,17). The average molecular weight is 250 g/mol. The van der Waals surface area contributed by atoms with E-state index in [1.165, 1.54) is 6.42 Å². The summed E-state index contributed by atoms with van der Waals surface area (Å²) in [7, 11) is 4.25. The second-order valence-corrected chi connectivity index (χ2v) is 5.06. The van der Waals surface area contributed by atoms with Crippen molar-refractivity contribution in [2.45, 2.75) is 12.5 Å². The molecule has 0 bridgehead atoms. The van der Waals surface area contributed by atoms with Crippen molar-refractivity contribution in [3.8, 4) is 0 Å². The van der Waals surface area contributed by atoms with Gasteiger partial charge in [0.1, 0.15) is 10.8 Å². The highest BCUT2D eigenvalue weighted by Gasteiger charge is 2.24. The van der Waals surface area contributed by atoms with Gasteiger partial charge in [-0.15, -0.1) is 0 Å². The summed E-state index contributed by atoms with van der Waals surface area (Å²) in [6, 6.07) is 4.55. The molecule has 2 rings (SSSR count). The Hall–Kier alpha value is -1.20. The summed E-state index contributed by atoms with van der Waals surface area (Å²) in [6.07, 6.45) is 2.94. The first-order valence-electron chi connectivity index (χ1n) is 5.75. The summed E-state index contributed by atoms with van der Waals surface area (Å²) < 4.78 is 0. The van der Waals surface area contributed by atoms with Gasteiger partial charge in [-0.2, -0.15) is 0 Å². The largest absolute Gasteiger partial charge is 0.389 e. The first-order valence-corrected chi connectivity index (χ1v) is 6.16. The number of hydrogen-bond donors (Lipinski definition) is 1. The minimum Gasteiger partial charge on any atom is -0.389 e. The van der Waals surface area contributed by atoms with Gasteiger partial charge >= 0.3 is 0 Å². The minimum absolute atomic E-state index is 0.400. The lowest BCUT2D eigenvalue weighted by atomic mass is 10.2. The van der Waals surface area contributed by atoms with Crippen molar-refractivity contribution >= 4 is 23.0 Å². The highest BCUT2D eigenvalue weighted by molar-refractivity contribution is 7.80. The Morgan fingerprint density at radius 1 is 1.53 bits per heavy atom. The Labute approximate surface area is 107 Å². The van der Waals surface area contributed by atoms with Crippen LogP contribution >= 0.6 is 12.2 Å². The van der Waals surface area contributed by atoms with Gasteiger partial charge in [-0.25, -0.2) is 4.98 Å². The summed E-state index contributed by atoms with van der Waals surface area (Å²) in [4.78, 5) is 9.38. The van der Waals surface area contributed by atoms with Crippen molar-refractivity contribution in [2.24, 2.45) is 5.73 Å². The molecule has 92 valence electrons. The number of rotatable bonds is 3. The molecule has 2 N–H and O–H groups in total. The van der Waals surface area contributed by atoms with Gasteiger partial charge in [0, 0.05) is 30.9 Å². The molecule has 4 nitrogen and oxygen atoms in total. The van der Waals surface area contributed by atoms with Gasteiger partial charge in [0.05, 0.1) is 0 Å². The molecule has 1 aromatic rings. The van der Waals surface area contributed by atoms with Gasteiger partial charge in [-0.05, 0) is 32.6 Å². The summed E-state index contributed by atoms with van der Waals surface area (Å²) in [5.41, 5.74) is 6.38. The van der Waals surface area contributed by atoms with Gasteiger partial charge in [0.15, 0.2) is 0 Å². The van der Waals surface area contributed by atoms with E-state index in [1.807, 2.05) is 12.1 Å². The fourth-order valence-corrected chi connectivity index (χ4v) is 2.21. The van der Waals surface area contributed by atoms with E-state index >= 15 is 0 Å². The fraction of sp³-hybridized carbons (Fsp3) is 0.500. The Morgan fingerprint density at radius 3 is 2.76 bits per heavy atom. The van der Waals surface area contributed by atoms with Gasteiger partial charge in [-0.3, -0.25) is 0 Å². The number of nitrogens with zero attached hydrogens (tertiary/aromatic N) is 3. The second-order valence-electron chi connectivity index (χ2n) is 4.62. The van der Waals surface area contributed by atoms with Crippen molar-refractivity contribution in [1.82, 2.24) is 9.88 Å². The van der Waals surface area contributed by atoms with Crippen molar-refractivity contribution in [3.05, 3.63) is 23.9 Å². The molecular weight excluding hydrogens is 232 g/mol. The molecule has 17 heavy (non-hydrogen) atoms. The van der Waals surface area contributed by atoms with Gasteiger partial charge < -0.3 is 15.5 Å². The molecule has 0 spiro atoms. The molecule has 1 aromatic heterocycles. The van der Waals surface area contributed by atoms with Crippen LogP contribution in [0.5, 0.6) is 0 Å². The molecule has 1 aliphatic heterocycles. The molecule has 2 heterocycles. The summed E-state index contributed by atoms with van der Waals surface area (Å²) in [5, 5.41) is 0. The Morgan fingerprint density at radius 2 is 2.29 bits per heavy atom. The average Bonchev–Trinajstić information content (AvgIpc) is 2.78. The molecule has 0 radical (unpaired) electrons. The summed E-state index contributed by atoms with van der Waals surface area (Å²) in [5.74, 6) is 1.01. The van der Waals surface area contributed by atoms with Crippen LogP contribution in [0.3, 0.4) is 0 Å². The molecule has 1 unspecified atom stereocenters. The van der Waals surface area contributed by atoms with E-state index in [0.29, 0.717) is 11.0 Å². The number of hydrogen-bond acceptors (Lipinski definition) is 4. The van der Waals surface area contributed by atoms with Crippen molar-refractivity contribution in [2.75, 3.05) is 32.1 Å². The van der Waals surface area contributed by atoms with Gasteiger partial charge in [0.25, 0.3) is 0 Å². The van der Waals surface area contributed by atoms with Crippen molar-refractivity contribution < 1.29 is 0 Å². The van der Waals surface area contributed by atoms with Gasteiger partial charge in [-0.1, -0.05) is 12.2 Å². The molecule has 0 aromatic carbocycles. The van der Waals surface area contributed by atoms with Gasteiger partial charge in [0.2, 0.25) is 0 Å². The zero-order valence-corrected chi connectivity index (χ0v) is 11.1. The smallest absolute Gasteiger partial charge is 0.128 e. The van der Waals surface area contributed by atoms with E-state index in [-0.39, 0.29) is 0 Å². The molecule has 0 aliphatic carbocycles. The van der Waals surface area contributed by atoms with Crippen LogP contribution in [0.25, 0.3) is 0 Å². The van der Waals surface area contributed by atoms with Crippen LogP contribution in [0.15, 0.2) is 18.3 Å². The lowest BCUT2D eigenvalue weighted by Gasteiger charge is -2.21. The summed E-state index contributed by atoms with van der Waals surface area (Å²) in [6.45, 7) is 2.09. The summed E-state index contributed by atoms with van der Waals surface area (Å²) >= 11 is 4.91. The predicted molar refractivity (Wildman–Crippen MR) is 74.4 cm³/mol. The minimum atomic E-state index is 0.400. The molecule has 0 saturated carbocycles. The van der Waals surface area contributed by atoms with Crippen LogP contribution in [-0.4, -0.2) is 48.1 Å². The van der Waals surface area contributed by atoms with E-state index in [0.717, 1.165) is 24.5 Å². The topological polar surface area (TPSA) is 45.4 Å². The predicted octanol–water partition coefficient (Wildman–Crippen LogP) is 0.856. The third-order valence-corrected chi connectivity index (χ3v) is 3.49. The quantitative estimate of drug-likeness (QED) is 0.806. The maximum atomic E-state index is 5.55. The van der Waals surface area contributed by atoms with Crippen molar-refractivity contribution in [3.63, 3.8) is 0 Å². The van der Waals surface area contributed by atoms with Crippen LogP contribution < -0.4 is 10.6 Å². The Balaban J connectivity index is 2.06. The maximum absolute atomic E-state index is 5.55. The van der Waals surface area contributed by atoms with E-state index in [9.17, 15) is 0 Å². The second kappa shape index (κ2) is 4.98. The SMILES string of the molecule is CN(C)C1CCN(c2ccc(C(N)=S)cn2)C1. The number of thiocarbonyl (C=S) groups is 1. The maximum Gasteiger partial charge on any atom is 0.128 e. The number of pyridine rings is 1. The third-order valence-electron chi connectivity index (χ3n) is 3.25. The van der Waals surface area contributed by atoms with Crippen LogP contribution in [0, 0.1) is 0 Å². The Kier molecular flexibility index (Phi) is 3.59. The molecule has 1 atom stereocenters. The highest BCUT2D eigenvalue weighted by Crippen LogP contribution is 2.20. The van der Waals surface area contributed by atoms with Crippen LogP contribution in [0.1, 0.15) is 12.0 Å². The lowest BCUT2D eigenvalue weighted by Crippen LogP contribution is -2.31. The number of anilines is 1. The first-order chi connectivity index (χ1) is 8.08. The van der Waals surface area contributed by atoms with Crippen LogP contribution in [0.2, 0.25) is 0 Å². The molecular formula is C12H18N4S. The zero-order valence-electron chi connectivity index (χ0n) is 10.3. The Bertz CT molecular complexity index is 401. The van der Waals surface area contributed by atoms with E-state index < -0.39 is 0 Å². The number of likely N-dealkylation sites (N-methyl/N-ethyl adjacent to an activating group) is 1. The van der Waals surface area contributed by atoms with E-state index in [1.54, 1.807) is 6.20 Å². The number of aromatic nitrogens is 1. The molecule has 1 fully saturated rings. The van der Waals surface area contributed by atoms with Crippen molar-refractivity contribution in [1.29, 1.82) is 0 Å². The molecule has 1 aliphatic rings. The molecule has 5 heteroatoms. The molecule has 0 amide bonds. The fourth-order valence-electron chi connectivity index (χ4n) is 2.09. The van der Waals surface area contributed by atoms with E-state index in [2.05, 4.69) is 28.9 Å². The highest BCUT2D eigenvalue weighted by atomic mass is 32.1. The lowest BCUT2D eigenvalue weighted by molar-refractivity contribution is 0.315. The van der Waals surface area contributed by atoms with E-state index in [4.69, 9.17) is 18.0 Å². The third kappa shape index (κ3) is 2.73.